The van der Waals surface area contributed by atoms with Crippen LogP contribution in [0.1, 0.15) is 51.6 Å². The highest BCUT2D eigenvalue weighted by molar-refractivity contribution is 5.75. The van der Waals surface area contributed by atoms with Gasteiger partial charge in [0.15, 0.2) is 0 Å². The Morgan fingerprint density at radius 1 is 1.36 bits per heavy atom. The van der Waals surface area contributed by atoms with Crippen molar-refractivity contribution < 1.29 is 23.8 Å². The number of hydrogen-bond acceptors (Lipinski definition) is 4. The molecule has 1 aromatic carbocycles. The fourth-order valence-electron chi connectivity index (χ4n) is 3.30. The SMILES string of the molecule is CC(C)(C)OC(=O)C[C@@H]1CCCN(C(C(=O)O)c2ccccc2F)C1. The summed E-state index contributed by atoms with van der Waals surface area (Å²) in [6, 6.07) is 4.91. The summed E-state index contributed by atoms with van der Waals surface area (Å²) < 4.78 is 19.4. The second-order valence-electron chi connectivity index (χ2n) is 7.56. The number of likely N-dealkylation sites (tertiary alicyclic amines) is 1. The number of hydrogen-bond donors (Lipinski definition) is 1. The van der Waals surface area contributed by atoms with E-state index in [1.807, 2.05) is 20.8 Å². The number of carbonyl (C=O) groups is 2. The molecule has 0 radical (unpaired) electrons. The van der Waals surface area contributed by atoms with E-state index in [0.717, 1.165) is 12.8 Å². The van der Waals surface area contributed by atoms with Crippen LogP contribution in [0.4, 0.5) is 4.39 Å². The third kappa shape index (κ3) is 5.53. The van der Waals surface area contributed by atoms with Gasteiger partial charge in [-0.1, -0.05) is 18.2 Å². The third-order valence-electron chi connectivity index (χ3n) is 4.22. The Labute approximate surface area is 147 Å². The van der Waals surface area contributed by atoms with Crippen molar-refractivity contribution in [2.75, 3.05) is 13.1 Å². The van der Waals surface area contributed by atoms with Crippen molar-refractivity contribution in [2.45, 2.75) is 51.7 Å². The molecule has 0 bridgehead atoms. The van der Waals surface area contributed by atoms with Gasteiger partial charge in [-0.3, -0.25) is 14.5 Å². The highest BCUT2D eigenvalue weighted by atomic mass is 19.1. The Kier molecular flexibility index (Phi) is 6.16. The van der Waals surface area contributed by atoms with Gasteiger partial charge >= 0.3 is 11.9 Å². The summed E-state index contributed by atoms with van der Waals surface area (Å²) in [6.07, 6.45) is 1.85. The quantitative estimate of drug-likeness (QED) is 0.824. The van der Waals surface area contributed by atoms with Gasteiger partial charge in [-0.05, 0) is 52.1 Å². The molecule has 0 saturated carbocycles. The number of piperidine rings is 1. The zero-order valence-electron chi connectivity index (χ0n) is 15.0. The van der Waals surface area contributed by atoms with Crippen LogP contribution in [0.2, 0.25) is 0 Å². The number of ether oxygens (including phenoxy) is 1. The standard InChI is InChI=1S/C19H26FNO4/c1-19(2,3)25-16(22)11-13-7-6-10-21(12-13)17(18(23)24)14-8-4-5-9-15(14)20/h4-5,8-9,13,17H,6-7,10-12H2,1-3H3,(H,23,24)/t13-,17?/m0/s1. The normalized spacial score (nSPS) is 20.1. The molecule has 1 aliphatic rings. The number of rotatable bonds is 5. The second kappa shape index (κ2) is 7.95. The number of benzene rings is 1. The monoisotopic (exact) mass is 351 g/mol. The van der Waals surface area contributed by atoms with Gasteiger partial charge in [0.1, 0.15) is 17.5 Å². The average molecular weight is 351 g/mol. The van der Waals surface area contributed by atoms with Crippen LogP contribution >= 0.6 is 0 Å². The molecule has 0 amide bonds. The van der Waals surface area contributed by atoms with Crippen LogP contribution < -0.4 is 0 Å². The van der Waals surface area contributed by atoms with Crippen LogP contribution in [0, 0.1) is 11.7 Å². The van der Waals surface area contributed by atoms with E-state index < -0.39 is 23.4 Å². The molecular formula is C19H26FNO4. The predicted molar refractivity (Wildman–Crippen MR) is 91.5 cm³/mol. The Hall–Kier alpha value is -1.95. The van der Waals surface area contributed by atoms with Gasteiger partial charge in [0.2, 0.25) is 0 Å². The van der Waals surface area contributed by atoms with Crippen molar-refractivity contribution in [3.63, 3.8) is 0 Å². The number of carbonyl (C=O) groups excluding carboxylic acids is 1. The molecule has 1 aliphatic heterocycles. The minimum Gasteiger partial charge on any atom is -0.480 e. The first kappa shape index (κ1) is 19.4. The fraction of sp³-hybridized carbons (Fsp3) is 0.579. The summed E-state index contributed by atoms with van der Waals surface area (Å²) in [5.74, 6) is -1.87. The molecule has 1 fully saturated rings. The van der Waals surface area contributed by atoms with E-state index in [1.54, 1.807) is 17.0 Å². The fourth-order valence-corrected chi connectivity index (χ4v) is 3.30. The van der Waals surface area contributed by atoms with Crippen molar-refractivity contribution >= 4 is 11.9 Å². The molecular weight excluding hydrogens is 325 g/mol. The van der Waals surface area contributed by atoms with E-state index in [2.05, 4.69) is 0 Å². The molecule has 1 saturated heterocycles. The van der Waals surface area contributed by atoms with E-state index in [0.29, 0.717) is 13.1 Å². The van der Waals surface area contributed by atoms with Gasteiger partial charge in [-0.15, -0.1) is 0 Å². The predicted octanol–water partition coefficient (Wildman–Crippen LogP) is 3.40. The lowest BCUT2D eigenvalue weighted by atomic mass is 9.92. The molecule has 6 heteroatoms. The van der Waals surface area contributed by atoms with Crippen LogP contribution in [0.5, 0.6) is 0 Å². The van der Waals surface area contributed by atoms with Gasteiger partial charge < -0.3 is 9.84 Å². The molecule has 0 aromatic heterocycles. The first-order chi connectivity index (χ1) is 11.7. The lowest BCUT2D eigenvalue weighted by Crippen LogP contribution is -2.42. The molecule has 1 aromatic rings. The van der Waals surface area contributed by atoms with E-state index in [1.165, 1.54) is 12.1 Å². The number of carboxylic acids is 1. The number of halogens is 1. The number of esters is 1. The maximum absolute atomic E-state index is 14.1. The van der Waals surface area contributed by atoms with Gasteiger partial charge in [-0.25, -0.2) is 4.39 Å². The molecule has 138 valence electrons. The lowest BCUT2D eigenvalue weighted by Gasteiger charge is -2.36. The largest absolute Gasteiger partial charge is 0.480 e. The van der Waals surface area contributed by atoms with E-state index in [-0.39, 0.29) is 23.9 Å². The smallest absolute Gasteiger partial charge is 0.325 e. The molecule has 2 rings (SSSR count). The maximum atomic E-state index is 14.1. The Bertz CT molecular complexity index is 626. The lowest BCUT2D eigenvalue weighted by molar-refractivity contribution is -0.156. The molecule has 0 spiro atoms. The first-order valence-electron chi connectivity index (χ1n) is 8.60. The zero-order valence-corrected chi connectivity index (χ0v) is 15.0. The van der Waals surface area contributed by atoms with Gasteiger partial charge in [0.05, 0.1) is 0 Å². The maximum Gasteiger partial charge on any atom is 0.325 e. The zero-order chi connectivity index (χ0) is 18.6. The number of aliphatic carboxylic acids is 1. The second-order valence-corrected chi connectivity index (χ2v) is 7.56. The summed E-state index contributed by atoms with van der Waals surface area (Å²) in [5, 5.41) is 9.62. The van der Waals surface area contributed by atoms with Crippen LogP contribution in [-0.2, 0) is 14.3 Å². The Balaban J connectivity index is 2.09. The van der Waals surface area contributed by atoms with Crippen molar-refractivity contribution in [3.05, 3.63) is 35.6 Å². The minimum atomic E-state index is -1.08. The summed E-state index contributed by atoms with van der Waals surface area (Å²) in [5.41, 5.74) is -0.379. The van der Waals surface area contributed by atoms with Crippen LogP contribution in [-0.4, -0.2) is 40.6 Å². The Morgan fingerprint density at radius 3 is 2.64 bits per heavy atom. The van der Waals surface area contributed by atoms with E-state index in [4.69, 9.17) is 4.74 Å². The van der Waals surface area contributed by atoms with E-state index in [9.17, 15) is 19.1 Å². The van der Waals surface area contributed by atoms with Crippen molar-refractivity contribution in [2.24, 2.45) is 5.92 Å². The molecule has 2 atom stereocenters. The van der Waals surface area contributed by atoms with Crippen molar-refractivity contribution in [1.29, 1.82) is 0 Å². The topological polar surface area (TPSA) is 66.8 Å². The molecule has 1 N–H and O–H groups in total. The van der Waals surface area contributed by atoms with Crippen LogP contribution in [0.25, 0.3) is 0 Å². The van der Waals surface area contributed by atoms with Crippen molar-refractivity contribution in [3.8, 4) is 0 Å². The molecule has 0 aliphatic carbocycles. The molecule has 5 nitrogen and oxygen atoms in total. The molecule has 1 unspecified atom stereocenters. The van der Waals surface area contributed by atoms with Gasteiger partial charge in [0, 0.05) is 18.5 Å². The third-order valence-corrected chi connectivity index (χ3v) is 4.22. The summed E-state index contributed by atoms with van der Waals surface area (Å²) in [7, 11) is 0. The highest BCUT2D eigenvalue weighted by Gasteiger charge is 2.34. The van der Waals surface area contributed by atoms with E-state index >= 15 is 0 Å². The minimum absolute atomic E-state index is 0.0113. The average Bonchev–Trinajstić information content (AvgIpc) is 2.47. The van der Waals surface area contributed by atoms with Gasteiger partial charge in [-0.2, -0.15) is 0 Å². The number of carboxylic acid groups (broad SMARTS) is 1. The summed E-state index contributed by atoms with van der Waals surface area (Å²) >= 11 is 0. The summed E-state index contributed by atoms with van der Waals surface area (Å²) in [6.45, 7) is 6.45. The first-order valence-corrected chi connectivity index (χ1v) is 8.60. The number of nitrogens with zero attached hydrogens (tertiary/aromatic N) is 1. The van der Waals surface area contributed by atoms with Crippen molar-refractivity contribution in [1.82, 2.24) is 4.90 Å². The van der Waals surface area contributed by atoms with Crippen LogP contribution in [0.15, 0.2) is 24.3 Å². The Morgan fingerprint density at radius 2 is 2.04 bits per heavy atom. The molecule has 25 heavy (non-hydrogen) atoms. The highest BCUT2D eigenvalue weighted by Crippen LogP contribution is 2.30. The summed E-state index contributed by atoms with van der Waals surface area (Å²) in [4.78, 5) is 25.6. The van der Waals surface area contributed by atoms with Crippen LogP contribution in [0.3, 0.4) is 0 Å². The molecule has 1 heterocycles. The van der Waals surface area contributed by atoms with Gasteiger partial charge in [0.25, 0.3) is 0 Å².